The van der Waals surface area contributed by atoms with Gasteiger partial charge in [0.1, 0.15) is 36.1 Å². The number of nitrogens with zero attached hydrogens (tertiary/aromatic N) is 8. The predicted molar refractivity (Wildman–Crippen MR) is 316 cm³/mol. The summed E-state index contributed by atoms with van der Waals surface area (Å²) in [5.41, 5.74) is 17.7. The van der Waals surface area contributed by atoms with Crippen molar-refractivity contribution in [2.75, 3.05) is 50.5 Å². The third kappa shape index (κ3) is 18.2. The van der Waals surface area contributed by atoms with Crippen molar-refractivity contribution >= 4 is 50.1 Å². The molecule has 21 heteroatoms. The molecule has 4 aliphatic rings. The average molecular weight is 1130 g/mol. The van der Waals surface area contributed by atoms with Crippen LogP contribution in [0.15, 0.2) is 85.5 Å². The molecule has 2 saturated carbocycles. The molecule has 79 heavy (non-hydrogen) atoms. The Labute approximate surface area is 479 Å². The van der Waals surface area contributed by atoms with Gasteiger partial charge >= 0.3 is 5.97 Å². The lowest BCUT2D eigenvalue weighted by molar-refractivity contribution is 0.0690. The van der Waals surface area contributed by atoms with Gasteiger partial charge in [-0.2, -0.15) is 37.2 Å². The molecule has 0 unspecified atom stereocenters. The lowest BCUT2D eigenvalue weighted by atomic mass is 9.93. The van der Waals surface area contributed by atoms with Crippen molar-refractivity contribution in [1.82, 2.24) is 39.3 Å². The number of carbonyl (C=O) groups excluding carboxylic acids is 1. The summed E-state index contributed by atoms with van der Waals surface area (Å²) >= 11 is 0. The van der Waals surface area contributed by atoms with E-state index >= 15 is 0 Å². The van der Waals surface area contributed by atoms with E-state index in [9.17, 15) is 24.2 Å². The van der Waals surface area contributed by atoms with Crippen LogP contribution in [-0.4, -0.2) is 131 Å². The minimum atomic E-state index is -1.00. The number of alkyl halides is 1. The third-order valence-corrected chi connectivity index (χ3v) is 14.9. The average Bonchev–Trinajstić information content (AvgIpc) is 4.03. The number of hydrogen-bond acceptors (Lipinski definition) is 15. The van der Waals surface area contributed by atoms with Gasteiger partial charge in [0.2, 0.25) is 0 Å². The number of aliphatic hydroxyl groups is 2. The Morgan fingerprint density at radius 1 is 0.722 bits per heavy atom. The number of β-amino-alcohol motifs (C(OH)–C–C–N with tert-alkyl or cyclic N) is 2. The number of nitrogens with two attached hydrogens (primary N) is 1. The number of aryl methyl sites for hydroxylation is 2. The molecule has 0 spiro atoms. The molecule has 0 radical (unpaired) electrons. The Bertz CT molecular complexity index is 2890. The number of benzene rings is 2. The number of anilines is 2. The smallest absolute Gasteiger partial charge is 0.354 e. The summed E-state index contributed by atoms with van der Waals surface area (Å²) < 4.78 is 31.2. The number of fused-ring (bicyclic) bond motifs is 2. The minimum absolute atomic E-state index is 0. The third-order valence-electron chi connectivity index (χ3n) is 14.9. The van der Waals surface area contributed by atoms with Crippen LogP contribution < -0.4 is 25.8 Å². The topological polar surface area (TPSA) is 231 Å². The summed E-state index contributed by atoms with van der Waals surface area (Å²) in [7, 11) is 2.84. The zero-order chi connectivity index (χ0) is 55.6. The lowest BCUT2D eigenvalue weighted by Gasteiger charge is -2.31. The van der Waals surface area contributed by atoms with Gasteiger partial charge in [0.05, 0.1) is 32.1 Å². The van der Waals surface area contributed by atoms with Crippen LogP contribution in [0.25, 0.3) is 0 Å². The first-order valence-electron chi connectivity index (χ1n) is 27.4. The lowest BCUT2D eigenvalue weighted by Crippen LogP contribution is -2.39. The van der Waals surface area contributed by atoms with Gasteiger partial charge in [-0.15, -0.1) is 0 Å². The summed E-state index contributed by atoms with van der Waals surface area (Å²) in [5.74, 6) is 0.842. The fraction of sp³-hybridized carbons (Fsp3) is 0.483. The molecule has 18 nitrogen and oxygen atoms in total. The number of Topliss-reactive ketones (excluding diaryl/α,β-unsaturated/α-hetero) is 1. The summed E-state index contributed by atoms with van der Waals surface area (Å²) in [6.45, 7) is 10.2. The van der Waals surface area contributed by atoms with E-state index in [0.29, 0.717) is 63.5 Å². The van der Waals surface area contributed by atoms with Crippen molar-refractivity contribution in [2.45, 2.75) is 129 Å². The number of carboxylic acids is 1. The summed E-state index contributed by atoms with van der Waals surface area (Å²) in [6, 6.07) is 20.4. The summed E-state index contributed by atoms with van der Waals surface area (Å²) in [5, 5.41) is 44.2. The fourth-order valence-electron chi connectivity index (χ4n) is 9.84. The molecule has 430 valence electrons. The first-order valence-corrected chi connectivity index (χ1v) is 26.7. The fourth-order valence-corrected chi connectivity index (χ4v) is 9.84. The van der Waals surface area contributed by atoms with Gasteiger partial charge in [0.25, 0.3) is 0 Å². The van der Waals surface area contributed by atoms with Crippen LogP contribution in [0.3, 0.4) is 0 Å². The highest BCUT2D eigenvalue weighted by Gasteiger charge is 2.25. The molecular weight excluding hydrogens is 1050 g/mol. The maximum absolute atomic E-state index is 12.7. The number of pyridine rings is 2. The van der Waals surface area contributed by atoms with Crippen LogP contribution in [0.1, 0.15) is 118 Å². The van der Waals surface area contributed by atoms with Crippen molar-refractivity contribution < 1.29 is 40.1 Å². The number of ketones is 1. The van der Waals surface area contributed by atoms with E-state index in [1.165, 1.54) is 78.1 Å². The Morgan fingerprint density at radius 2 is 1.18 bits per heavy atom. The molecule has 0 bridgehead atoms. The SMILES string of the molecule is Cc1c(OCc2ccnn2C)ccc2c1CCN(C[C@@H](O)CCC(=O)c1cc(NC3CCC3)ccn1)C2.Cc1c(OCc2ccnn2C)ccc2c1CCN(C[C@@H](O)CN)C2.O=C(O)c1cc(NC2CCC2)ccn1.S.S.[2H]CF. The first-order chi connectivity index (χ1) is 37.7. The van der Waals surface area contributed by atoms with Crippen molar-refractivity contribution in [2.24, 2.45) is 19.8 Å². The molecule has 6 aromatic rings. The van der Waals surface area contributed by atoms with Crippen LogP contribution in [0.4, 0.5) is 15.8 Å². The van der Waals surface area contributed by atoms with Gasteiger partial charge in [-0.3, -0.25) is 33.3 Å². The Balaban J connectivity index is 0.000000234. The Kier molecular flexibility index (Phi) is 24.9. The minimum Gasteiger partial charge on any atom is -0.487 e. The number of carboxylic acid groups (broad SMARTS) is 1. The molecule has 2 aromatic carbocycles. The molecule has 2 aliphatic carbocycles. The molecule has 10 rings (SSSR count). The van der Waals surface area contributed by atoms with Crippen molar-refractivity contribution in [3.05, 3.63) is 142 Å². The Morgan fingerprint density at radius 3 is 1.59 bits per heavy atom. The monoisotopic (exact) mass is 1130 g/mol. The number of aliphatic hydroxyl groups excluding tert-OH is 2. The van der Waals surface area contributed by atoms with E-state index in [4.69, 9.17) is 21.7 Å². The van der Waals surface area contributed by atoms with Gasteiger partial charge < -0.3 is 41.2 Å². The quantitative estimate of drug-likeness (QED) is 0.0405. The maximum atomic E-state index is 12.7. The normalized spacial score (nSPS) is 15.7. The van der Waals surface area contributed by atoms with E-state index in [2.05, 4.69) is 66.6 Å². The molecule has 2 fully saturated rings. The van der Waals surface area contributed by atoms with E-state index in [-0.39, 0.29) is 38.5 Å². The summed E-state index contributed by atoms with van der Waals surface area (Å²) in [4.78, 5) is 35.9. The highest BCUT2D eigenvalue weighted by molar-refractivity contribution is 7.59. The number of hydrogen-bond donors (Lipinski definition) is 6. The summed E-state index contributed by atoms with van der Waals surface area (Å²) in [6.07, 6.45) is 15.6. The molecular formula is C58H82FN11O7S2. The second kappa shape index (κ2) is 31.6. The molecule has 4 aromatic heterocycles. The van der Waals surface area contributed by atoms with Gasteiger partial charge in [0, 0.05) is 115 Å². The van der Waals surface area contributed by atoms with Crippen LogP contribution >= 0.6 is 27.0 Å². The van der Waals surface area contributed by atoms with Crippen molar-refractivity contribution in [3.8, 4) is 11.5 Å². The van der Waals surface area contributed by atoms with Crippen LogP contribution in [0.5, 0.6) is 11.5 Å². The number of rotatable bonds is 20. The van der Waals surface area contributed by atoms with Gasteiger partial charge in [-0.05, 0) is 154 Å². The van der Waals surface area contributed by atoms with Crippen molar-refractivity contribution in [3.63, 3.8) is 0 Å². The van der Waals surface area contributed by atoms with Crippen LogP contribution in [-0.2, 0) is 53.2 Å². The number of halogens is 1. The standard InChI is InChI=1S/C29H37N5O3.C18H26N4O2.C10H12N2O2.CH3F.2H2S/c1-20-26-12-15-34(17-21(26)6-9-29(20)37-19-24-11-14-31-33(24)2)18-25(35)7-8-28(36)27-16-23(10-13-30-27)32-22-4-3-5-22;1-13-17-6-8-22(11-16(23)9-19)10-14(17)3-4-18(13)24-12-15-5-7-20-21(15)2;13-10(14)9-6-8(4-5-11-9)12-7-2-1-3-7;1-2;;/h6,9-11,13-14,16,22,25,35H,3-5,7-8,12,15,17-19H2,1-2H3,(H,30,32);3-5,7,16,23H,6,8-12,19H2,1-2H3;4-7H,1-3H2,(H,11,12)(H,13,14);1H3;2*1H2/t25-;16-;;;;/m00..../s1/i;;;1D;;. The van der Waals surface area contributed by atoms with E-state index in [1.54, 1.807) is 30.7 Å². The zero-order valence-electron chi connectivity index (χ0n) is 47.0. The second-order valence-electron chi connectivity index (χ2n) is 20.3. The van der Waals surface area contributed by atoms with E-state index in [0.717, 1.165) is 73.3 Å². The van der Waals surface area contributed by atoms with Crippen LogP contribution in [0, 0.1) is 13.8 Å². The zero-order valence-corrected chi connectivity index (χ0v) is 48.0. The number of carbonyl (C=O) groups is 2. The van der Waals surface area contributed by atoms with Crippen molar-refractivity contribution in [1.29, 1.82) is 0 Å². The number of ether oxygens (including phenoxy) is 2. The first kappa shape index (κ1) is 62.1. The molecule has 0 amide bonds. The molecule has 2 aliphatic heterocycles. The second-order valence-corrected chi connectivity index (χ2v) is 20.3. The highest BCUT2D eigenvalue weighted by Crippen LogP contribution is 2.32. The van der Waals surface area contributed by atoms with Gasteiger partial charge in [-0.1, -0.05) is 12.1 Å². The molecule has 7 N–H and O–H groups in total. The number of nitrogens with one attached hydrogen (secondary N) is 2. The number of aromatic carboxylic acids is 1. The van der Waals surface area contributed by atoms with E-state index in [1.807, 2.05) is 59.9 Å². The van der Waals surface area contributed by atoms with E-state index < -0.39 is 25.3 Å². The highest BCUT2D eigenvalue weighted by atomic mass is 32.1. The Hall–Kier alpha value is -6.07. The maximum Gasteiger partial charge on any atom is 0.354 e. The predicted octanol–water partition coefficient (Wildman–Crippen LogP) is 7.59. The molecule has 2 atom stereocenters. The van der Waals surface area contributed by atoms with Gasteiger partial charge in [0.15, 0.2) is 5.78 Å². The molecule has 6 heterocycles. The van der Waals surface area contributed by atoms with Crippen LogP contribution in [0.2, 0.25) is 0 Å². The molecule has 0 saturated heterocycles. The number of aromatic nitrogens is 6. The largest absolute Gasteiger partial charge is 0.487 e. The van der Waals surface area contributed by atoms with Gasteiger partial charge in [-0.25, -0.2) is 9.78 Å².